The van der Waals surface area contributed by atoms with Crippen molar-refractivity contribution >= 4 is 23.5 Å². The molecule has 1 nitrogen and oxygen atoms in total. The van der Waals surface area contributed by atoms with Crippen LogP contribution in [0.5, 0.6) is 5.75 Å². The summed E-state index contributed by atoms with van der Waals surface area (Å²) in [5.74, 6) is 0.340. The number of aromatic hydroxyl groups is 1. The maximum absolute atomic E-state index is 9.14. The van der Waals surface area contributed by atoms with E-state index in [0.717, 1.165) is 4.90 Å². The Balaban J connectivity index is 3.06. The number of rotatable bonds is 2. The summed E-state index contributed by atoms with van der Waals surface area (Å²) < 4.78 is 0. The zero-order valence-electron chi connectivity index (χ0n) is 6.50. The summed E-state index contributed by atoms with van der Waals surface area (Å²) in [6, 6.07) is 5.44. The molecule has 3 heteroatoms. The highest BCUT2D eigenvalue weighted by molar-refractivity contribution is 8.01. The summed E-state index contributed by atoms with van der Waals surface area (Å²) in [5.41, 5.74) is 0. The second-order valence-electron chi connectivity index (χ2n) is 2.04. The molecule has 11 heavy (non-hydrogen) atoms. The highest BCUT2D eigenvalue weighted by Gasteiger charge is 1.99. The van der Waals surface area contributed by atoms with E-state index in [-0.39, 0.29) is 0 Å². The van der Waals surface area contributed by atoms with Crippen LogP contribution in [0.3, 0.4) is 0 Å². The molecule has 0 radical (unpaired) electrons. The lowest BCUT2D eigenvalue weighted by molar-refractivity contribution is 0.473. The van der Waals surface area contributed by atoms with Crippen LogP contribution in [-0.2, 0) is 0 Å². The van der Waals surface area contributed by atoms with Gasteiger partial charge in [0.1, 0.15) is 5.75 Å². The fourth-order valence-corrected chi connectivity index (χ4v) is 2.30. The van der Waals surface area contributed by atoms with Crippen molar-refractivity contribution in [2.24, 2.45) is 0 Å². The van der Waals surface area contributed by atoms with Crippen molar-refractivity contribution in [1.29, 1.82) is 0 Å². The molecule has 0 unspecified atom stereocenters. The van der Waals surface area contributed by atoms with Gasteiger partial charge in [0, 0.05) is 9.79 Å². The summed E-state index contributed by atoms with van der Waals surface area (Å²) in [4.78, 5) is 2.35. The van der Waals surface area contributed by atoms with Gasteiger partial charge in [0.05, 0.1) is 0 Å². The smallest absolute Gasteiger partial charge is 0.116 e. The van der Waals surface area contributed by atoms with Gasteiger partial charge in [-0.2, -0.15) is 0 Å². The van der Waals surface area contributed by atoms with Gasteiger partial charge >= 0.3 is 0 Å². The van der Waals surface area contributed by atoms with E-state index in [9.17, 15) is 0 Å². The van der Waals surface area contributed by atoms with Crippen LogP contribution in [0.25, 0.3) is 0 Å². The molecule has 0 saturated carbocycles. The SMILES string of the molecule is CSc1ccc(O)cc1SC. The first-order valence-corrected chi connectivity index (χ1v) is 5.64. The van der Waals surface area contributed by atoms with Crippen LogP contribution in [0.15, 0.2) is 28.0 Å². The van der Waals surface area contributed by atoms with Crippen molar-refractivity contribution in [1.82, 2.24) is 0 Å². The third-order valence-corrected chi connectivity index (χ3v) is 3.07. The van der Waals surface area contributed by atoms with Crippen LogP contribution >= 0.6 is 23.5 Å². The van der Waals surface area contributed by atoms with Crippen molar-refractivity contribution in [3.8, 4) is 5.75 Å². The maximum Gasteiger partial charge on any atom is 0.116 e. The van der Waals surface area contributed by atoms with Crippen LogP contribution < -0.4 is 0 Å². The molecule has 60 valence electrons. The highest BCUT2D eigenvalue weighted by atomic mass is 32.2. The van der Waals surface area contributed by atoms with Crippen molar-refractivity contribution in [2.45, 2.75) is 9.79 Å². The topological polar surface area (TPSA) is 20.2 Å². The Labute approximate surface area is 75.2 Å². The van der Waals surface area contributed by atoms with E-state index in [0.29, 0.717) is 5.75 Å². The van der Waals surface area contributed by atoms with Crippen LogP contribution in [0, 0.1) is 0 Å². The van der Waals surface area contributed by atoms with Crippen molar-refractivity contribution in [2.75, 3.05) is 12.5 Å². The maximum atomic E-state index is 9.14. The van der Waals surface area contributed by atoms with E-state index in [1.54, 1.807) is 35.7 Å². The van der Waals surface area contributed by atoms with Gasteiger partial charge in [-0.3, -0.25) is 0 Å². The zero-order valence-corrected chi connectivity index (χ0v) is 8.13. The predicted molar refractivity (Wildman–Crippen MR) is 51.7 cm³/mol. The van der Waals surface area contributed by atoms with Gasteiger partial charge in [0.15, 0.2) is 0 Å². The zero-order chi connectivity index (χ0) is 8.27. The molecule has 0 atom stereocenters. The average molecular weight is 186 g/mol. The Hall–Kier alpha value is -0.280. The molecule has 0 aliphatic heterocycles. The monoisotopic (exact) mass is 186 g/mol. The average Bonchev–Trinajstić information content (AvgIpc) is 2.04. The Morgan fingerprint density at radius 2 is 1.73 bits per heavy atom. The largest absolute Gasteiger partial charge is 0.508 e. The lowest BCUT2D eigenvalue weighted by atomic mass is 10.3. The van der Waals surface area contributed by atoms with E-state index in [2.05, 4.69) is 0 Å². The van der Waals surface area contributed by atoms with E-state index in [4.69, 9.17) is 5.11 Å². The second-order valence-corrected chi connectivity index (χ2v) is 3.74. The Kier molecular flexibility index (Phi) is 3.15. The van der Waals surface area contributed by atoms with Crippen molar-refractivity contribution < 1.29 is 5.11 Å². The van der Waals surface area contributed by atoms with Gasteiger partial charge < -0.3 is 5.11 Å². The van der Waals surface area contributed by atoms with E-state index in [1.807, 2.05) is 18.6 Å². The number of phenolic OH excluding ortho intramolecular Hbond substituents is 1. The Bertz CT molecular complexity index is 248. The molecule has 0 aromatic heterocycles. The summed E-state index contributed by atoms with van der Waals surface area (Å²) in [7, 11) is 0. The fraction of sp³-hybridized carbons (Fsp3) is 0.250. The lowest BCUT2D eigenvalue weighted by Crippen LogP contribution is -1.75. The first kappa shape index (κ1) is 8.81. The molecule has 0 bridgehead atoms. The van der Waals surface area contributed by atoms with Gasteiger partial charge in [-0.1, -0.05) is 0 Å². The van der Waals surface area contributed by atoms with Gasteiger partial charge in [-0.05, 0) is 30.7 Å². The molecule has 1 rings (SSSR count). The first-order chi connectivity index (χ1) is 5.27. The third kappa shape index (κ3) is 2.07. The summed E-state index contributed by atoms with van der Waals surface area (Å²) in [6.45, 7) is 0. The quantitative estimate of drug-likeness (QED) is 0.717. The van der Waals surface area contributed by atoms with Crippen molar-refractivity contribution in [3.63, 3.8) is 0 Å². The van der Waals surface area contributed by atoms with Gasteiger partial charge in [-0.15, -0.1) is 23.5 Å². The number of hydrogen-bond donors (Lipinski definition) is 1. The van der Waals surface area contributed by atoms with Crippen LogP contribution in [0.2, 0.25) is 0 Å². The third-order valence-electron chi connectivity index (χ3n) is 1.37. The minimum atomic E-state index is 0.340. The molecule has 0 amide bonds. The Morgan fingerprint density at radius 3 is 2.27 bits per heavy atom. The summed E-state index contributed by atoms with van der Waals surface area (Å²) in [5, 5.41) is 9.14. The number of thioether (sulfide) groups is 2. The molecule has 0 spiro atoms. The molecule has 1 N–H and O–H groups in total. The highest BCUT2D eigenvalue weighted by Crippen LogP contribution is 2.30. The molecule has 1 aromatic rings. The lowest BCUT2D eigenvalue weighted by Gasteiger charge is -2.03. The van der Waals surface area contributed by atoms with Gasteiger partial charge in [0.2, 0.25) is 0 Å². The first-order valence-electron chi connectivity index (χ1n) is 3.19. The molecule has 0 saturated heterocycles. The van der Waals surface area contributed by atoms with Gasteiger partial charge in [0.25, 0.3) is 0 Å². The number of benzene rings is 1. The van der Waals surface area contributed by atoms with Gasteiger partial charge in [-0.25, -0.2) is 0 Å². The molecule has 0 aliphatic rings. The number of phenols is 1. The fourth-order valence-electron chi connectivity index (χ4n) is 0.825. The summed E-state index contributed by atoms with van der Waals surface area (Å²) >= 11 is 3.35. The summed E-state index contributed by atoms with van der Waals surface area (Å²) in [6.07, 6.45) is 4.04. The molecule has 0 heterocycles. The molecule has 0 aliphatic carbocycles. The molecule has 0 fully saturated rings. The standard InChI is InChI=1S/C8H10OS2/c1-10-7-4-3-6(9)5-8(7)11-2/h3-5,9H,1-2H3. The van der Waals surface area contributed by atoms with Crippen molar-refractivity contribution in [3.05, 3.63) is 18.2 Å². The van der Waals surface area contributed by atoms with Crippen LogP contribution in [-0.4, -0.2) is 17.6 Å². The molecule has 1 aromatic carbocycles. The van der Waals surface area contributed by atoms with E-state index >= 15 is 0 Å². The minimum absolute atomic E-state index is 0.340. The Morgan fingerprint density at radius 1 is 1.09 bits per heavy atom. The normalized spacial score (nSPS) is 10.0. The second kappa shape index (κ2) is 3.93. The predicted octanol–water partition coefficient (Wildman–Crippen LogP) is 2.84. The van der Waals surface area contributed by atoms with E-state index in [1.165, 1.54) is 4.90 Å². The van der Waals surface area contributed by atoms with E-state index < -0.39 is 0 Å². The number of hydrogen-bond acceptors (Lipinski definition) is 3. The van der Waals surface area contributed by atoms with Crippen LogP contribution in [0.4, 0.5) is 0 Å². The minimum Gasteiger partial charge on any atom is -0.508 e. The molecular formula is C8H10OS2. The molecular weight excluding hydrogens is 176 g/mol. The van der Waals surface area contributed by atoms with Crippen LogP contribution in [0.1, 0.15) is 0 Å².